The number of nitro groups is 1. The predicted molar refractivity (Wildman–Crippen MR) is 100 cm³/mol. The standard InChI is InChI=1S/C16H14N4O3S2/c1-9-13(14(19-16(24)17-9)12-6-3-7-25-12)15(21)18-10-4-2-5-11(8-10)20(22)23/h2-8,13-14H,1H2,(H,18,21)(H2,17,19,24)/t13-,14-/m1/s1. The number of benzene rings is 1. The fourth-order valence-electron chi connectivity index (χ4n) is 2.62. The van der Waals surface area contributed by atoms with Gasteiger partial charge < -0.3 is 16.0 Å². The molecule has 2 aromatic rings. The van der Waals surface area contributed by atoms with E-state index in [0.717, 1.165) is 4.88 Å². The van der Waals surface area contributed by atoms with Crippen LogP contribution in [0.3, 0.4) is 0 Å². The maximum absolute atomic E-state index is 12.8. The number of thiocarbonyl (C=S) groups is 1. The monoisotopic (exact) mass is 374 g/mol. The lowest BCUT2D eigenvalue weighted by atomic mass is 9.92. The summed E-state index contributed by atoms with van der Waals surface area (Å²) < 4.78 is 0. The maximum Gasteiger partial charge on any atom is 0.271 e. The summed E-state index contributed by atoms with van der Waals surface area (Å²) in [5.41, 5.74) is 0.739. The van der Waals surface area contributed by atoms with Gasteiger partial charge in [0.05, 0.1) is 11.0 Å². The number of anilines is 1. The Hall–Kier alpha value is -2.78. The van der Waals surface area contributed by atoms with Gasteiger partial charge in [0.25, 0.3) is 5.69 Å². The first-order valence-corrected chi connectivity index (χ1v) is 8.59. The summed E-state index contributed by atoms with van der Waals surface area (Å²) in [5.74, 6) is -0.948. The average molecular weight is 374 g/mol. The summed E-state index contributed by atoms with van der Waals surface area (Å²) in [7, 11) is 0. The van der Waals surface area contributed by atoms with Gasteiger partial charge in [-0.15, -0.1) is 11.3 Å². The lowest BCUT2D eigenvalue weighted by Crippen LogP contribution is -2.51. The Kier molecular flexibility index (Phi) is 4.77. The van der Waals surface area contributed by atoms with E-state index in [1.165, 1.54) is 29.5 Å². The minimum Gasteiger partial charge on any atom is -0.354 e. The molecule has 3 N–H and O–H groups in total. The quantitative estimate of drug-likeness (QED) is 0.433. The van der Waals surface area contributed by atoms with Gasteiger partial charge in [0.15, 0.2) is 5.11 Å². The van der Waals surface area contributed by atoms with Crippen LogP contribution in [0.4, 0.5) is 11.4 Å². The Morgan fingerprint density at radius 2 is 2.16 bits per heavy atom. The number of non-ortho nitro benzene ring substituents is 1. The second kappa shape index (κ2) is 6.99. The third kappa shape index (κ3) is 3.67. The zero-order valence-corrected chi connectivity index (χ0v) is 14.5. The number of amides is 1. The summed E-state index contributed by atoms with van der Waals surface area (Å²) >= 11 is 6.67. The molecule has 0 radical (unpaired) electrons. The Balaban J connectivity index is 1.85. The fourth-order valence-corrected chi connectivity index (χ4v) is 3.69. The van der Waals surface area contributed by atoms with E-state index in [0.29, 0.717) is 16.5 Å². The molecule has 1 aliphatic rings. The van der Waals surface area contributed by atoms with E-state index in [1.807, 2.05) is 17.5 Å². The first-order valence-electron chi connectivity index (χ1n) is 7.31. The van der Waals surface area contributed by atoms with Gasteiger partial charge in [0, 0.05) is 28.4 Å². The van der Waals surface area contributed by atoms with E-state index in [1.54, 1.807) is 6.07 Å². The molecule has 0 saturated carbocycles. The van der Waals surface area contributed by atoms with Crippen LogP contribution in [0.1, 0.15) is 10.9 Å². The summed E-state index contributed by atoms with van der Waals surface area (Å²) in [6, 6.07) is 9.26. The number of nitrogens with zero attached hydrogens (tertiary/aromatic N) is 1. The first-order chi connectivity index (χ1) is 12.0. The molecule has 9 heteroatoms. The number of hydrogen-bond acceptors (Lipinski definition) is 5. The second-order valence-corrected chi connectivity index (χ2v) is 6.78. The van der Waals surface area contributed by atoms with Crippen molar-refractivity contribution in [3.05, 3.63) is 69.0 Å². The first kappa shape index (κ1) is 17.1. The lowest BCUT2D eigenvalue weighted by molar-refractivity contribution is -0.384. The molecule has 2 atom stereocenters. The van der Waals surface area contributed by atoms with Crippen LogP contribution in [-0.4, -0.2) is 15.9 Å². The van der Waals surface area contributed by atoms with Crippen molar-refractivity contribution in [2.75, 3.05) is 5.32 Å². The van der Waals surface area contributed by atoms with Crippen LogP contribution in [0, 0.1) is 16.0 Å². The Bertz CT molecular complexity index is 851. The highest BCUT2D eigenvalue weighted by atomic mass is 32.1. The molecule has 0 spiro atoms. The van der Waals surface area contributed by atoms with Crippen LogP contribution < -0.4 is 16.0 Å². The lowest BCUT2D eigenvalue weighted by Gasteiger charge is -2.34. The van der Waals surface area contributed by atoms with Gasteiger partial charge in [-0.05, 0) is 29.7 Å². The van der Waals surface area contributed by atoms with Crippen LogP contribution in [0.25, 0.3) is 0 Å². The molecule has 2 heterocycles. The van der Waals surface area contributed by atoms with E-state index in [-0.39, 0.29) is 17.6 Å². The van der Waals surface area contributed by atoms with Gasteiger partial charge in [-0.25, -0.2) is 0 Å². The van der Waals surface area contributed by atoms with Crippen molar-refractivity contribution in [3.63, 3.8) is 0 Å². The van der Waals surface area contributed by atoms with Crippen molar-refractivity contribution in [2.24, 2.45) is 5.92 Å². The Labute approximate surface area is 152 Å². The predicted octanol–water partition coefficient (Wildman–Crippen LogP) is 2.94. The molecule has 128 valence electrons. The second-order valence-electron chi connectivity index (χ2n) is 5.39. The molecule has 1 aromatic heterocycles. The van der Waals surface area contributed by atoms with Crippen molar-refractivity contribution in [1.29, 1.82) is 0 Å². The highest BCUT2D eigenvalue weighted by Crippen LogP contribution is 2.33. The normalized spacial score (nSPS) is 19.7. The fraction of sp³-hybridized carbons (Fsp3) is 0.125. The van der Waals surface area contributed by atoms with Crippen LogP contribution in [0.5, 0.6) is 0 Å². The minimum atomic E-state index is -0.621. The summed E-state index contributed by atoms with van der Waals surface area (Å²) in [4.78, 5) is 24.1. The van der Waals surface area contributed by atoms with Gasteiger partial charge >= 0.3 is 0 Å². The molecule has 0 bridgehead atoms. The van der Waals surface area contributed by atoms with E-state index in [4.69, 9.17) is 12.2 Å². The van der Waals surface area contributed by atoms with E-state index < -0.39 is 10.8 Å². The highest BCUT2D eigenvalue weighted by Gasteiger charge is 2.37. The number of rotatable bonds is 4. The molecule has 1 amide bonds. The van der Waals surface area contributed by atoms with Crippen molar-refractivity contribution in [2.45, 2.75) is 6.04 Å². The topological polar surface area (TPSA) is 96.3 Å². The third-order valence-corrected chi connectivity index (χ3v) is 4.90. The minimum absolute atomic E-state index is 0.0903. The number of thiophene rings is 1. The molecule has 25 heavy (non-hydrogen) atoms. The van der Waals surface area contributed by atoms with Gasteiger partial charge in [-0.2, -0.15) is 0 Å². The van der Waals surface area contributed by atoms with Crippen molar-refractivity contribution in [3.8, 4) is 0 Å². The molecule has 1 saturated heterocycles. The maximum atomic E-state index is 12.8. The molecule has 3 rings (SSSR count). The van der Waals surface area contributed by atoms with Gasteiger partial charge in [0.1, 0.15) is 5.92 Å². The number of nitro benzene ring substituents is 1. The van der Waals surface area contributed by atoms with Crippen LogP contribution in [-0.2, 0) is 4.79 Å². The van der Waals surface area contributed by atoms with Crippen molar-refractivity contribution in [1.82, 2.24) is 10.6 Å². The summed E-state index contributed by atoms with van der Waals surface area (Å²) in [5, 5.41) is 21.9. The van der Waals surface area contributed by atoms with Crippen molar-refractivity contribution >= 4 is 45.9 Å². The zero-order chi connectivity index (χ0) is 18.0. The largest absolute Gasteiger partial charge is 0.354 e. The van der Waals surface area contributed by atoms with Gasteiger partial charge in [-0.3, -0.25) is 14.9 Å². The van der Waals surface area contributed by atoms with E-state index in [2.05, 4.69) is 22.5 Å². The average Bonchev–Trinajstić information content (AvgIpc) is 3.08. The van der Waals surface area contributed by atoms with Crippen LogP contribution in [0.15, 0.2) is 54.1 Å². The number of carbonyl (C=O) groups is 1. The summed E-state index contributed by atoms with van der Waals surface area (Å²) in [6.07, 6.45) is 0. The molecule has 1 aliphatic heterocycles. The smallest absolute Gasteiger partial charge is 0.271 e. The van der Waals surface area contributed by atoms with E-state index in [9.17, 15) is 14.9 Å². The Morgan fingerprint density at radius 1 is 1.36 bits per heavy atom. The van der Waals surface area contributed by atoms with E-state index >= 15 is 0 Å². The SMILES string of the molecule is C=C1NC(=S)N[C@H](c2cccs2)[C@@H]1C(=O)Nc1cccc([N+](=O)[O-])c1. The molecule has 1 fully saturated rings. The third-order valence-electron chi connectivity index (χ3n) is 3.73. The molecule has 0 unspecified atom stereocenters. The molecule has 0 aliphatic carbocycles. The number of carbonyl (C=O) groups excluding carboxylic acids is 1. The number of hydrogen-bond donors (Lipinski definition) is 3. The molecular weight excluding hydrogens is 360 g/mol. The molecular formula is C16H14N4O3S2. The van der Waals surface area contributed by atoms with Crippen LogP contribution in [0.2, 0.25) is 0 Å². The van der Waals surface area contributed by atoms with Gasteiger partial charge in [-0.1, -0.05) is 18.7 Å². The van der Waals surface area contributed by atoms with Gasteiger partial charge in [0.2, 0.25) is 5.91 Å². The number of nitrogens with one attached hydrogen (secondary N) is 3. The summed E-state index contributed by atoms with van der Waals surface area (Å²) in [6.45, 7) is 3.91. The Morgan fingerprint density at radius 3 is 2.84 bits per heavy atom. The zero-order valence-electron chi connectivity index (χ0n) is 12.9. The van der Waals surface area contributed by atoms with Crippen molar-refractivity contribution < 1.29 is 9.72 Å². The molecule has 1 aromatic carbocycles. The highest BCUT2D eigenvalue weighted by molar-refractivity contribution is 7.80. The molecule has 7 nitrogen and oxygen atoms in total. The van der Waals surface area contributed by atoms with Crippen LogP contribution >= 0.6 is 23.6 Å².